The maximum atomic E-state index is 13.6. The van der Waals surface area contributed by atoms with Gasteiger partial charge in [-0.05, 0) is 52.0 Å². The van der Waals surface area contributed by atoms with Gasteiger partial charge in [0.15, 0.2) is 11.6 Å². The summed E-state index contributed by atoms with van der Waals surface area (Å²) in [6.45, 7) is 6.96. The van der Waals surface area contributed by atoms with Gasteiger partial charge in [0.1, 0.15) is 21.8 Å². The highest BCUT2D eigenvalue weighted by atomic mass is 32.2. The van der Waals surface area contributed by atoms with Gasteiger partial charge in [0, 0.05) is 17.3 Å². The number of aryl methyl sites for hydroxylation is 1. The summed E-state index contributed by atoms with van der Waals surface area (Å²) in [5.41, 5.74) is 0.855. The minimum absolute atomic E-state index is 0.00735. The number of halogens is 2. The van der Waals surface area contributed by atoms with Crippen LogP contribution in [0.25, 0.3) is 0 Å². The van der Waals surface area contributed by atoms with Gasteiger partial charge in [0.05, 0.1) is 6.54 Å². The van der Waals surface area contributed by atoms with Crippen LogP contribution in [0.15, 0.2) is 45.7 Å². The van der Waals surface area contributed by atoms with E-state index < -0.39 is 27.7 Å². The van der Waals surface area contributed by atoms with Crippen molar-refractivity contribution in [2.45, 2.75) is 39.0 Å². The van der Waals surface area contributed by atoms with E-state index in [1.165, 1.54) is 10.6 Å². The van der Waals surface area contributed by atoms with Crippen LogP contribution in [0.2, 0.25) is 0 Å². The van der Waals surface area contributed by atoms with Crippen molar-refractivity contribution in [3.05, 3.63) is 69.6 Å². The molecule has 0 aliphatic rings. The lowest BCUT2D eigenvalue weighted by molar-refractivity contribution is 0.508. The molecule has 0 spiro atoms. The molecule has 0 bridgehead atoms. The second-order valence-electron chi connectivity index (χ2n) is 6.65. The zero-order valence-electron chi connectivity index (χ0n) is 14.5. The number of rotatable bonds is 4. The van der Waals surface area contributed by atoms with Gasteiger partial charge in [-0.15, -0.1) is 0 Å². The van der Waals surface area contributed by atoms with Crippen LogP contribution in [-0.4, -0.2) is 19.6 Å². The maximum absolute atomic E-state index is 13.6. The summed E-state index contributed by atoms with van der Waals surface area (Å²) in [6, 6.07) is 6.73. The van der Waals surface area contributed by atoms with Gasteiger partial charge < -0.3 is 9.12 Å². The minimum Gasteiger partial charge on any atom is -0.591 e. The molecule has 0 amide bonds. The Balaban J connectivity index is 2.52. The first-order valence-electron chi connectivity index (χ1n) is 7.70. The van der Waals surface area contributed by atoms with Gasteiger partial charge in [-0.1, -0.05) is 10.5 Å². The van der Waals surface area contributed by atoms with Crippen molar-refractivity contribution >= 4 is 17.1 Å². The van der Waals surface area contributed by atoms with Crippen molar-refractivity contribution in [3.8, 4) is 0 Å². The fourth-order valence-electron chi connectivity index (χ4n) is 2.03. The third kappa shape index (κ3) is 4.76. The molecule has 0 N–H and O–H groups in total. The number of benzene rings is 1. The Kier molecular flexibility index (Phi) is 5.80. The van der Waals surface area contributed by atoms with Crippen molar-refractivity contribution in [1.82, 2.24) is 4.57 Å². The summed E-state index contributed by atoms with van der Waals surface area (Å²) >= 11 is -1.61. The molecule has 1 heterocycles. The van der Waals surface area contributed by atoms with Gasteiger partial charge in [-0.3, -0.25) is 4.79 Å². The molecule has 0 saturated carbocycles. The molecule has 25 heavy (non-hydrogen) atoms. The highest BCUT2D eigenvalue weighted by Crippen LogP contribution is 2.19. The predicted molar refractivity (Wildman–Crippen MR) is 96.2 cm³/mol. The summed E-state index contributed by atoms with van der Waals surface area (Å²) in [4.78, 5) is 12.2. The van der Waals surface area contributed by atoms with Crippen LogP contribution in [0.4, 0.5) is 8.78 Å². The van der Waals surface area contributed by atoms with E-state index in [4.69, 9.17) is 0 Å². The number of nitrogens with zero attached hydrogens (tertiary/aromatic N) is 2. The molecule has 2 aromatic rings. The van der Waals surface area contributed by atoms with Crippen LogP contribution in [0.1, 0.15) is 31.9 Å². The van der Waals surface area contributed by atoms with Gasteiger partial charge in [0.25, 0.3) is 5.56 Å². The molecule has 4 nitrogen and oxygen atoms in total. The highest BCUT2D eigenvalue weighted by Gasteiger charge is 2.28. The fourth-order valence-corrected chi connectivity index (χ4v) is 2.67. The molecule has 134 valence electrons. The van der Waals surface area contributed by atoms with Crippen molar-refractivity contribution in [3.63, 3.8) is 0 Å². The third-order valence-corrected chi connectivity index (χ3v) is 4.93. The van der Waals surface area contributed by atoms with Crippen LogP contribution in [0.5, 0.6) is 0 Å². The molecule has 0 fully saturated rings. The number of hydrogen-bond donors (Lipinski definition) is 0. The third-order valence-electron chi connectivity index (χ3n) is 3.50. The van der Waals surface area contributed by atoms with E-state index in [9.17, 15) is 18.1 Å². The SMILES string of the molecule is Cc1cccn(C/C(=N/[S@+]([O-])C(C)(C)C)c2ccc(F)c(F)c2)c1=O. The zero-order valence-corrected chi connectivity index (χ0v) is 15.4. The number of aromatic nitrogens is 1. The first-order valence-corrected chi connectivity index (χ1v) is 8.81. The molecule has 1 aromatic carbocycles. The van der Waals surface area contributed by atoms with Gasteiger partial charge in [-0.25, -0.2) is 8.78 Å². The molecular formula is C18H20F2N2O2S. The zero-order chi connectivity index (χ0) is 18.8. The molecule has 0 aliphatic heterocycles. The summed E-state index contributed by atoms with van der Waals surface area (Å²) in [5, 5.41) is 0. The Hall–Kier alpha value is -1.99. The molecule has 0 aliphatic carbocycles. The monoisotopic (exact) mass is 366 g/mol. The molecular weight excluding hydrogens is 346 g/mol. The Morgan fingerprint density at radius 2 is 1.92 bits per heavy atom. The van der Waals surface area contributed by atoms with Gasteiger partial charge in [0.2, 0.25) is 0 Å². The van der Waals surface area contributed by atoms with Crippen LogP contribution in [0, 0.1) is 18.6 Å². The summed E-state index contributed by atoms with van der Waals surface area (Å²) in [6.07, 6.45) is 1.57. The normalized spacial score (nSPS) is 13.8. The largest absolute Gasteiger partial charge is 0.591 e. The van der Waals surface area contributed by atoms with E-state index in [1.54, 1.807) is 46.0 Å². The Morgan fingerprint density at radius 3 is 2.52 bits per heavy atom. The predicted octanol–water partition coefficient (Wildman–Crippen LogP) is 3.39. The quantitative estimate of drug-likeness (QED) is 0.615. The first kappa shape index (κ1) is 19.3. The van der Waals surface area contributed by atoms with Crippen molar-refractivity contribution in [2.24, 2.45) is 4.40 Å². The second-order valence-corrected chi connectivity index (χ2v) is 8.56. The molecule has 2 rings (SSSR count). The van der Waals surface area contributed by atoms with Crippen LogP contribution in [0.3, 0.4) is 0 Å². The van der Waals surface area contributed by atoms with Crippen molar-refractivity contribution in [1.29, 1.82) is 0 Å². The number of pyridine rings is 1. The van der Waals surface area contributed by atoms with E-state index >= 15 is 0 Å². The van der Waals surface area contributed by atoms with Gasteiger partial charge in [-0.2, -0.15) is 0 Å². The van der Waals surface area contributed by atoms with Crippen LogP contribution in [-0.2, 0) is 17.9 Å². The molecule has 7 heteroatoms. The lowest BCUT2D eigenvalue weighted by atomic mass is 10.1. The molecule has 1 atom stereocenters. The second kappa shape index (κ2) is 7.49. The van der Waals surface area contributed by atoms with E-state index in [0.29, 0.717) is 5.56 Å². The van der Waals surface area contributed by atoms with Gasteiger partial charge >= 0.3 is 0 Å². The van der Waals surface area contributed by atoms with Crippen molar-refractivity contribution < 1.29 is 13.3 Å². The average Bonchev–Trinajstić information content (AvgIpc) is 2.52. The average molecular weight is 366 g/mol. The first-order chi connectivity index (χ1) is 11.6. The summed E-state index contributed by atoms with van der Waals surface area (Å²) in [5.74, 6) is -2.00. The smallest absolute Gasteiger partial charge is 0.253 e. The number of hydrogen-bond acceptors (Lipinski definition) is 3. The summed E-state index contributed by atoms with van der Waals surface area (Å²) < 4.78 is 44.2. The Bertz CT molecular complexity index is 857. The lowest BCUT2D eigenvalue weighted by Crippen LogP contribution is -2.30. The Morgan fingerprint density at radius 1 is 1.24 bits per heavy atom. The molecule has 0 radical (unpaired) electrons. The van der Waals surface area contributed by atoms with Crippen LogP contribution < -0.4 is 5.56 Å². The standard InChI is InChI=1S/C18H20F2N2O2S/c1-12-6-5-9-22(17(12)23)11-16(21-25(24)18(2,3)4)13-7-8-14(19)15(20)10-13/h5-10H,11H2,1-4H3/b21-16-/t25-/m1/s1. The lowest BCUT2D eigenvalue weighted by Gasteiger charge is -2.20. The fraction of sp³-hybridized carbons (Fsp3) is 0.333. The van der Waals surface area contributed by atoms with Crippen molar-refractivity contribution in [2.75, 3.05) is 0 Å². The topological polar surface area (TPSA) is 57.4 Å². The minimum atomic E-state index is -1.61. The summed E-state index contributed by atoms with van der Waals surface area (Å²) in [7, 11) is 0. The molecule has 0 unspecified atom stereocenters. The maximum Gasteiger partial charge on any atom is 0.253 e. The Labute approximate surface area is 148 Å². The van der Waals surface area contributed by atoms with E-state index in [1.807, 2.05) is 0 Å². The molecule has 1 aromatic heterocycles. The van der Waals surface area contributed by atoms with Crippen LogP contribution >= 0.6 is 0 Å². The molecule has 0 saturated heterocycles. The highest BCUT2D eigenvalue weighted by molar-refractivity contribution is 7.91. The van der Waals surface area contributed by atoms with E-state index in [2.05, 4.69) is 4.40 Å². The van der Waals surface area contributed by atoms with E-state index in [0.717, 1.165) is 12.1 Å². The van der Waals surface area contributed by atoms with E-state index in [-0.39, 0.29) is 23.4 Å².